The van der Waals surface area contributed by atoms with E-state index in [1.54, 1.807) is 10.6 Å². The molecule has 1 amide bonds. The Bertz CT molecular complexity index is 1300. The second kappa shape index (κ2) is 13.9. The van der Waals surface area contributed by atoms with E-state index in [0.29, 0.717) is 12.2 Å². The third kappa shape index (κ3) is 7.71. The van der Waals surface area contributed by atoms with Crippen molar-refractivity contribution in [1.29, 1.82) is 0 Å². The van der Waals surface area contributed by atoms with Gasteiger partial charge in [-0.3, -0.25) is 14.1 Å². The minimum absolute atomic E-state index is 0.189. The van der Waals surface area contributed by atoms with Gasteiger partial charge in [0.25, 0.3) is 5.91 Å². The first-order valence-corrected chi connectivity index (χ1v) is 12.1. The van der Waals surface area contributed by atoms with Crippen LogP contribution >= 0.6 is 0 Å². The zero-order chi connectivity index (χ0) is 26.6. The van der Waals surface area contributed by atoms with Crippen LogP contribution in [0.3, 0.4) is 0 Å². The number of fused-ring (bicyclic) bond motifs is 1. The van der Waals surface area contributed by atoms with Crippen molar-refractivity contribution in [3.8, 4) is 0 Å². The zero-order valence-electron chi connectivity index (χ0n) is 21.2. The number of amides is 1. The Balaban J connectivity index is 0.000000207. The third-order valence-corrected chi connectivity index (χ3v) is 6.00. The van der Waals surface area contributed by atoms with Crippen molar-refractivity contribution in [3.05, 3.63) is 95.4 Å². The maximum atomic E-state index is 12.4. The zero-order valence-corrected chi connectivity index (χ0v) is 21.2. The highest BCUT2D eigenvalue weighted by atomic mass is 16.2. The largest absolute Gasteiger partial charge is 0.399 e. The van der Waals surface area contributed by atoms with E-state index >= 15 is 0 Å². The number of carbonyl (C=O) groups excluding carboxylic acids is 2. The van der Waals surface area contributed by atoms with Crippen LogP contribution in [-0.4, -0.2) is 53.2 Å². The maximum Gasteiger partial charge on any atom is 0.274 e. The lowest BCUT2D eigenvalue weighted by Crippen LogP contribution is -2.42. The number of carbonyl (C=O) groups is 2. The molecule has 0 saturated carbocycles. The van der Waals surface area contributed by atoms with Gasteiger partial charge in [-0.25, -0.2) is 4.98 Å². The van der Waals surface area contributed by atoms with Crippen LogP contribution in [0.5, 0.6) is 0 Å². The number of hydrogen-bond acceptors (Lipinski definition) is 7. The van der Waals surface area contributed by atoms with Crippen LogP contribution < -0.4 is 22.1 Å². The van der Waals surface area contributed by atoms with Crippen LogP contribution in [0.2, 0.25) is 0 Å². The molecule has 9 heteroatoms. The van der Waals surface area contributed by atoms with Crippen LogP contribution in [0.15, 0.2) is 73.1 Å². The standard InChI is InChI=1S/C16H16N4O.C11H17N3.CH2O/c1-11-5-6-12(9-17)8-13(11)19-16(21)14-10-18-15-4-2-3-7-20(14)15;12-11-3-1-2-10(8-11)9-14-6-4-13-5-7-14;1-2/h2-8,10H,9,17H2,1H3,(H,19,21);1-3,8,13H,4-7,9,12H2;1H2. The van der Waals surface area contributed by atoms with Gasteiger partial charge in [0.05, 0.1) is 6.20 Å². The second-order valence-corrected chi connectivity index (χ2v) is 8.65. The van der Waals surface area contributed by atoms with Crippen LogP contribution in [0, 0.1) is 6.92 Å². The van der Waals surface area contributed by atoms with Gasteiger partial charge < -0.3 is 26.9 Å². The lowest BCUT2D eigenvalue weighted by Gasteiger charge is -2.27. The molecule has 3 heterocycles. The first kappa shape index (κ1) is 27.5. The number of pyridine rings is 1. The molecule has 0 radical (unpaired) electrons. The van der Waals surface area contributed by atoms with Crippen LogP contribution in [-0.2, 0) is 17.9 Å². The Labute approximate surface area is 217 Å². The fourth-order valence-electron chi connectivity index (χ4n) is 4.04. The van der Waals surface area contributed by atoms with Crippen molar-refractivity contribution in [2.75, 3.05) is 37.2 Å². The first-order chi connectivity index (χ1) is 18.0. The van der Waals surface area contributed by atoms with Crippen LogP contribution in [0.1, 0.15) is 27.2 Å². The normalized spacial score (nSPS) is 13.1. The Morgan fingerprint density at radius 1 is 1.05 bits per heavy atom. The van der Waals surface area contributed by atoms with E-state index in [4.69, 9.17) is 16.3 Å². The highest BCUT2D eigenvalue weighted by Gasteiger charge is 2.13. The lowest BCUT2D eigenvalue weighted by atomic mass is 10.1. The van der Waals surface area contributed by atoms with Gasteiger partial charge in [-0.1, -0.05) is 30.3 Å². The minimum Gasteiger partial charge on any atom is -0.399 e. The molecule has 0 aliphatic carbocycles. The highest BCUT2D eigenvalue weighted by molar-refractivity contribution is 6.03. The Hall–Kier alpha value is -4.05. The van der Waals surface area contributed by atoms with Gasteiger partial charge in [0.15, 0.2) is 0 Å². The number of nitrogens with one attached hydrogen (secondary N) is 2. The molecule has 0 spiro atoms. The summed E-state index contributed by atoms with van der Waals surface area (Å²) in [4.78, 5) is 27.1. The SMILES string of the molecule is C=O.Cc1ccc(CN)cc1NC(=O)c1cnc2ccccn12.Nc1cccc(CN2CCNCC2)c1. The van der Waals surface area contributed by atoms with Gasteiger partial charge in [-0.2, -0.15) is 0 Å². The fraction of sp³-hybridized carbons (Fsp3) is 0.250. The van der Waals surface area contributed by atoms with Gasteiger partial charge in [0.1, 0.15) is 18.1 Å². The number of benzene rings is 2. The van der Waals surface area contributed by atoms with E-state index in [1.807, 2.05) is 68.4 Å². The molecule has 2 aromatic carbocycles. The summed E-state index contributed by atoms with van der Waals surface area (Å²) < 4.78 is 1.76. The van der Waals surface area contributed by atoms with Gasteiger partial charge in [0.2, 0.25) is 0 Å². The molecule has 1 aliphatic heterocycles. The van der Waals surface area contributed by atoms with E-state index in [9.17, 15) is 4.79 Å². The van der Waals surface area contributed by atoms with Crippen molar-refractivity contribution in [1.82, 2.24) is 19.6 Å². The fourth-order valence-corrected chi connectivity index (χ4v) is 4.04. The third-order valence-electron chi connectivity index (χ3n) is 6.00. The summed E-state index contributed by atoms with van der Waals surface area (Å²) in [6.07, 6.45) is 3.40. The summed E-state index contributed by atoms with van der Waals surface area (Å²) in [6.45, 7) is 9.88. The number of rotatable bonds is 5. The monoisotopic (exact) mass is 501 g/mol. The molecule has 1 fully saturated rings. The number of piperazine rings is 1. The van der Waals surface area contributed by atoms with Gasteiger partial charge in [-0.05, 0) is 53.9 Å². The van der Waals surface area contributed by atoms with E-state index in [2.05, 4.69) is 32.7 Å². The molecule has 5 rings (SSSR count). The minimum atomic E-state index is -0.189. The number of aromatic nitrogens is 2. The highest BCUT2D eigenvalue weighted by Crippen LogP contribution is 2.18. The predicted octanol–water partition coefficient (Wildman–Crippen LogP) is 2.84. The van der Waals surface area contributed by atoms with Crippen molar-refractivity contribution in [2.45, 2.75) is 20.0 Å². The molecule has 6 N–H and O–H groups in total. The summed E-state index contributed by atoms with van der Waals surface area (Å²) in [6, 6.07) is 19.6. The van der Waals surface area contributed by atoms with E-state index in [0.717, 1.165) is 60.9 Å². The molecule has 0 atom stereocenters. The quantitative estimate of drug-likeness (QED) is 0.309. The number of nitrogens with zero attached hydrogens (tertiary/aromatic N) is 3. The topological polar surface area (TPSA) is 131 Å². The molecule has 0 unspecified atom stereocenters. The Morgan fingerprint density at radius 2 is 1.84 bits per heavy atom. The molecule has 1 aliphatic rings. The van der Waals surface area contributed by atoms with Crippen molar-refractivity contribution in [3.63, 3.8) is 0 Å². The molecular formula is C28H35N7O2. The number of aryl methyl sites for hydroxylation is 1. The van der Waals surface area contributed by atoms with Crippen molar-refractivity contribution >= 4 is 29.7 Å². The number of nitrogen functional groups attached to an aromatic ring is 1. The molecule has 9 nitrogen and oxygen atoms in total. The average Bonchev–Trinajstić information content (AvgIpc) is 3.37. The van der Waals surface area contributed by atoms with Crippen molar-refractivity contribution < 1.29 is 9.59 Å². The van der Waals surface area contributed by atoms with Crippen molar-refractivity contribution in [2.24, 2.45) is 5.73 Å². The summed E-state index contributed by atoms with van der Waals surface area (Å²) in [5.74, 6) is -0.189. The Morgan fingerprint density at radius 3 is 2.57 bits per heavy atom. The van der Waals surface area contributed by atoms with Gasteiger partial charge in [-0.15, -0.1) is 0 Å². The average molecular weight is 502 g/mol. The molecule has 2 aromatic heterocycles. The number of nitrogens with two attached hydrogens (primary N) is 2. The summed E-state index contributed by atoms with van der Waals surface area (Å²) in [5.41, 5.74) is 17.5. The van der Waals surface area contributed by atoms with Gasteiger partial charge >= 0.3 is 0 Å². The summed E-state index contributed by atoms with van der Waals surface area (Å²) in [5, 5.41) is 6.27. The number of imidazole rings is 1. The Kier molecular flexibility index (Phi) is 10.3. The van der Waals surface area contributed by atoms with Gasteiger partial charge in [0, 0.05) is 56.8 Å². The molecule has 1 saturated heterocycles. The lowest BCUT2D eigenvalue weighted by molar-refractivity contribution is -0.0980. The van der Waals surface area contributed by atoms with Crippen LogP contribution in [0.25, 0.3) is 5.65 Å². The maximum absolute atomic E-state index is 12.4. The second-order valence-electron chi connectivity index (χ2n) is 8.65. The van der Waals surface area contributed by atoms with E-state index in [-0.39, 0.29) is 5.91 Å². The number of anilines is 2. The molecule has 194 valence electrons. The molecule has 4 aromatic rings. The molecule has 0 bridgehead atoms. The van der Waals surface area contributed by atoms with E-state index < -0.39 is 0 Å². The van der Waals surface area contributed by atoms with E-state index in [1.165, 1.54) is 5.56 Å². The molecule has 37 heavy (non-hydrogen) atoms. The summed E-state index contributed by atoms with van der Waals surface area (Å²) in [7, 11) is 0. The summed E-state index contributed by atoms with van der Waals surface area (Å²) >= 11 is 0. The smallest absolute Gasteiger partial charge is 0.274 e. The number of hydrogen-bond donors (Lipinski definition) is 4. The predicted molar refractivity (Wildman–Crippen MR) is 148 cm³/mol. The van der Waals surface area contributed by atoms with Crippen LogP contribution in [0.4, 0.5) is 11.4 Å². The molecular weight excluding hydrogens is 466 g/mol. The first-order valence-electron chi connectivity index (χ1n) is 12.1.